The molecule has 0 fully saturated rings. The minimum Gasteiger partial charge on any atom is -0.496 e. The van der Waals surface area contributed by atoms with Crippen molar-refractivity contribution in [2.45, 2.75) is 20.4 Å². The number of halogens is 1. The minimum atomic E-state index is -0.630. The number of hydrogen-bond acceptors (Lipinski definition) is 4. The van der Waals surface area contributed by atoms with E-state index in [4.69, 9.17) is 4.74 Å². The molecule has 0 aliphatic carbocycles. The molecule has 0 bridgehead atoms. The van der Waals surface area contributed by atoms with Crippen LogP contribution in [0.4, 0.5) is 4.39 Å². The number of nitrogens with zero attached hydrogens (tertiary/aromatic N) is 2. The Morgan fingerprint density at radius 2 is 1.93 bits per heavy atom. The first-order valence-corrected chi connectivity index (χ1v) is 8.68. The van der Waals surface area contributed by atoms with Crippen LogP contribution in [0.5, 0.6) is 5.75 Å². The predicted octanol–water partition coefficient (Wildman–Crippen LogP) is 2.93. The molecule has 1 aromatic heterocycles. The van der Waals surface area contributed by atoms with Gasteiger partial charge < -0.3 is 10.1 Å². The summed E-state index contributed by atoms with van der Waals surface area (Å²) in [6.45, 7) is 3.74. The molecular formula is C21H20FN3O3. The SMILES string of the molecule is COc1cc(CNC(=O)c2nn(-c3ccccc3F)c(C)cc2=O)ccc1C. The van der Waals surface area contributed by atoms with E-state index in [1.807, 2.05) is 25.1 Å². The van der Waals surface area contributed by atoms with Crippen LogP contribution in [-0.2, 0) is 6.54 Å². The molecular weight excluding hydrogens is 361 g/mol. The lowest BCUT2D eigenvalue weighted by Crippen LogP contribution is -2.31. The van der Waals surface area contributed by atoms with Gasteiger partial charge in [-0.2, -0.15) is 5.10 Å². The van der Waals surface area contributed by atoms with E-state index in [9.17, 15) is 14.0 Å². The lowest BCUT2D eigenvalue weighted by Gasteiger charge is -2.12. The molecule has 0 spiro atoms. The van der Waals surface area contributed by atoms with Crippen LogP contribution in [0.2, 0.25) is 0 Å². The van der Waals surface area contributed by atoms with Crippen LogP contribution in [0.1, 0.15) is 27.3 Å². The van der Waals surface area contributed by atoms with Crippen LogP contribution >= 0.6 is 0 Å². The second-order valence-corrected chi connectivity index (χ2v) is 6.35. The van der Waals surface area contributed by atoms with Crippen LogP contribution in [0, 0.1) is 19.7 Å². The second-order valence-electron chi connectivity index (χ2n) is 6.35. The molecule has 1 N–H and O–H groups in total. The Kier molecular flexibility index (Phi) is 5.54. The normalized spacial score (nSPS) is 10.6. The van der Waals surface area contributed by atoms with Crippen LogP contribution in [0.15, 0.2) is 53.3 Å². The smallest absolute Gasteiger partial charge is 0.276 e. The molecule has 144 valence electrons. The zero-order chi connectivity index (χ0) is 20.3. The summed E-state index contributed by atoms with van der Waals surface area (Å²) in [5, 5.41) is 6.77. The maximum absolute atomic E-state index is 14.1. The number of rotatable bonds is 5. The van der Waals surface area contributed by atoms with E-state index in [1.54, 1.807) is 26.2 Å². The molecule has 0 aliphatic rings. The maximum Gasteiger partial charge on any atom is 0.276 e. The van der Waals surface area contributed by atoms with Crippen molar-refractivity contribution in [1.82, 2.24) is 15.1 Å². The summed E-state index contributed by atoms with van der Waals surface area (Å²) >= 11 is 0. The number of carbonyl (C=O) groups is 1. The third-order valence-electron chi connectivity index (χ3n) is 4.33. The van der Waals surface area contributed by atoms with E-state index < -0.39 is 17.2 Å². The quantitative estimate of drug-likeness (QED) is 0.738. The fourth-order valence-corrected chi connectivity index (χ4v) is 2.81. The highest BCUT2D eigenvalue weighted by molar-refractivity contribution is 5.92. The molecule has 0 saturated carbocycles. The monoisotopic (exact) mass is 381 g/mol. The highest BCUT2D eigenvalue weighted by Crippen LogP contribution is 2.19. The van der Waals surface area contributed by atoms with Crippen molar-refractivity contribution in [3.63, 3.8) is 0 Å². The Bertz CT molecular complexity index is 1090. The summed E-state index contributed by atoms with van der Waals surface area (Å²) in [6.07, 6.45) is 0. The van der Waals surface area contributed by atoms with E-state index in [2.05, 4.69) is 10.4 Å². The van der Waals surface area contributed by atoms with Crippen LogP contribution in [0.3, 0.4) is 0 Å². The van der Waals surface area contributed by atoms with Gasteiger partial charge >= 0.3 is 0 Å². The fourth-order valence-electron chi connectivity index (χ4n) is 2.81. The molecule has 3 rings (SSSR count). The molecule has 0 unspecified atom stereocenters. The summed E-state index contributed by atoms with van der Waals surface area (Å²) in [4.78, 5) is 24.8. The number of methoxy groups -OCH3 is 1. The van der Waals surface area contributed by atoms with Crippen molar-refractivity contribution in [2.24, 2.45) is 0 Å². The zero-order valence-electron chi connectivity index (χ0n) is 15.8. The average molecular weight is 381 g/mol. The fraction of sp³-hybridized carbons (Fsp3) is 0.190. The number of nitrogens with one attached hydrogen (secondary N) is 1. The molecule has 3 aromatic rings. The summed E-state index contributed by atoms with van der Waals surface area (Å²) < 4.78 is 20.6. The number of aromatic nitrogens is 2. The number of aryl methyl sites for hydroxylation is 2. The largest absolute Gasteiger partial charge is 0.496 e. The molecule has 0 saturated heterocycles. The summed E-state index contributed by atoms with van der Waals surface area (Å²) in [5.41, 5.74) is 1.56. The molecule has 0 aliphatic heterocycles. The minimum absolute atomic E-state index is 0.164. The van der Waals surface area contributed by atoms with Gasteiger partial charge in [0.1, 0.15) is 17.3 Å². The number of carbonyl (C=O) groups excluding carboxylic acids is 1. The maximum atomic E-state index is 14.1. The summed E-state index contributed by atoms with van der Waals surface area (Å²) in [6, 6.07) is 12.9. The molecule has 2 aromatic carbocycles. The van der Waals surface area contributed by atoms with Crippen LogP contribution < -0.4 is 15.5 Å². The first-order chi connectivity index (χ1) is 13.4. The van der Waals surface area contributed by atoms with Crippen molar-refractivity contribution in [3.05, 3.63) is 87.1 Å². The highest BCUT2D eigenvalue weighted by Gasteiger charge is 2.16. The van der Waals surface area contributed by atoms with E-state index >= 15 is 0 Å². The topological polar surface area (TPSA) is 73.2 Å². The average Bonchev–Trinajstić information content (AvgIpc) is 2.68. The molecule has 28 heavy (non-hydrogen) atoms. The molecule has 6 nitrogen and oxygen atoms in total. The van der Waals surface area contributed by atoms with E-state index in [0.29, 0.717) is 11.4 Å². The van der Waals surface area contributed by atoms with E-state index in [0.717, 1.165) is 11.1 Å². The molecule has 1 heterocycles. The van der Waals surface area contributed by atoms with Gasteiger partial charge in [0.05, 0.1) is 7.11 Å². The Hall–Kier alpha value is -3.48. The third kappa shape index (κ3) is 3.93. The number of hydrogen-bond donors (Lipinski definition) is 1. The molecule has 0 atom stereocenters. The predicted molar refractivity (Wildman–Crippen MR) is 103 cm³/mol. The second kappa shape index (κ2) is 8.04. The van der Waals surface area contributed by atoms with Gasteiger partial charge in [-0.15, -0.1) is 0 Å². The van der Waals surface area contributed by atoms with Crippen molar-refractivity contribution in [3.8, 4) is 11.4 Å². The van der Waals surface area contributed by atoms with Crippen molar-refractivity contribution in [2.75, 3.05) is 7.11 Å². The van der Waals surface area contributed by atoms with Crippen LogP contribution in [0.25, 0.3) is 5.69 Å². The van der Waals surface area contributed by atoms with E-state index in [1.165, 1.54) is 22.9 Å². The Balaban J connectivity index is 1.87. The molecule has 1 amide bonds. The van der Waals surface area contributed by atoms with Gasteiger partial charge in [0.15, 0.2) is 5.69 Å². The standard InChI is InChI=1S/C21H20FN3O3/c1-13-8-9-15(11-19(13)28-3)12-23-21(27)20-18(26)10-14(2)25(24-20)17-7-5-4-6-16(17)22/h4-11H,12H2,1-3H3,(H,23,27). The highest BCUT2D eigenvalue weighted by atomic mass is 19.1. The molecule has 0 radical (unpaired) electrons. The zero-order valence-corrected chi connectivity index (χ0v) is 15.8. The summed E-state index contributed by atoms with van der Waals surface area (Å²) in [7, 11) is 1.58. The van der Waals surface area contributed by atoms with Gasteiger partial charge in [-0.1, -0.05) is 24.3 Å². The molecule has 7 heteroatoms. The first-order valence-electron chi connectivity index (χ1n) is 8.68. The van der Waals surface area contributed by atoms with Crippen molar-refractivity contribution in [1.29, 1.82) is 0 Å². The van der Waals surface area contributed by atoms with Crippen molar-refractivity contribution < 1.29 is 13.9 Å². The Morgan fingerprint density at radius 3 is 2.64 bits per heavy atom. The number of amides is 1. The third-order valence-corrected chi connectivity index (χ3v) is 4.33. The Morgan fingerprint density at radius 1 is 1.18 bits per heavy atom. The van der Waals surface area contributed by atoms with Gasteiger partial charge in [0.25, 0.3) is 5.91 Å². The van der Waals surface area contributed by atoms with Gasteiger partial charge in [-0.3, -0.25) is 9.59 Å². The van der Waals surface area contributed by atoms with Gasteiger partial charge in [-0.05, 0) is 43.2 Å². The van der Waals surface area contributed by atoms with Gasteiger partial charge in [-0.25, -0.2) is 9.07 Å². The van der Waals surface area contributed by atoms with Gasteiger partial charge in [0.2, 0.25) is 5.43 Å². The van der Waals surface area contributed by atoms with Gasteiger partial charge in [0, 0.05) is 18.3 Å². The number of benzene rings is 2. The summed E-state index contributed by atoms with van der Waals surface area (Å²) in [5.74, 6) is -0.420. The van der Waals surface area contributed by atoms with Crippen LogP contribution in [-0.4, -0.2) is 22.8 Å². The lowest BCUT2D eigenvalue weighted by molar-refractivity contribution is 0.0943. The Labute approximate surface area is 161 Å². The number of ether oxygens (including phenoxy) is 1. The van der Waals surface area contributed by atoms with E-state index in [-0.39, 0.29) is 17.9 Å². The lowest BCUT2D eigenvalue weighted by atomic mass is 10.1. The van der Waals surface area contributed by atoms with Crippen molar-refractivity contribution >= 4 is 5.91 Å². The first kappa shape index (κ1) is 19.3. The number of para-hydroxylation sites is 1.